The number of benzene rings is 1. The van der Waals surface area contributed by atoms with Crippen LogP contribution in [-0.4, -0.2) is 41.6 Å². The van der Waals surface area contributed by atoms with Crippen LogP contribution in [0.4, 0.5) is 5.69 Å². The summed E-state index contributed by atoms with van der Waals surface area (Å²) in [5, 5.41) is 2.97. The molecule has 1 amide bonds. The van der Waals surface area contributed by atoms with Crippen LogP contribution in [0, 0.1) is 5.92 Å². The van der Waals surface area contributed by atoms with E-state index in [0.717, 1.165) is 32.2 Å². The van der Waals surface area contributed by atoms with E-state index in [-0.39, 0.29) is 42.4 Å². The maximum absolute atomic E-state index is 12.7. The third kappa shape index (κ3) is 5.29. The Morgan fingerprint density at radius 2 is 2.07 bits per heavy atom. The number of oxazole rings is 1. The summed E-state index contributed by atoms with van der Waals surface area (Å²) in [7, 11) is 3.90. The molecule has 0 spiro atoms. The first kappa shape index (κ1) is 24.5. The second-order valence-corrected chi connectivity index (χ2v) is 7.80. The molecule has 1 aliphatic carbocycles. The van der Waals surface area contributed by atoms with Crippen molar-refractivity contribution in [3.63, 3.8) is 0 Å². The number of amides is 1. The Bertz CT molecular complexity index is 860. The average molecular weight is 433 g/mol. The number of fused-ring (bicyclic) bond motifs is 1. The molecule has 1 aliphatic rings. The number of nitrogens with two attached hydrogens (primary N) is 1. The highest BCUT2D eigenvalue weighted by Gasteiger charge is 2.37. The molecule has 2 unspecified atom stereocenters. The molecule has 2 aromatic rings. The first-order valence-electron chi connectivity index (χ1n) is 9.16. The van der Waals surface area contributed by atoms with Crippen LogP contribution in [0.3, 0.4) is 0 Å². The molecular formula is C19H30Cl2N4O3. The van der Waals surface area contributed by atoms with Crippen LogP contribution in [-0.2, 0) is 11.3 Å². The van der Waals surface area contributed by atoms with Gasteiger partial charge in [-0.15, -0.1) is 24.8 Å². The topological polar surface area (TPSA) is 93.5 Å². The molecule has 1 saturated carbocycles. The minimum atomic E-state index is -0.476. The van der Waals surface area contributed by atoms with Crippen molar-refractivity contribution in [3.05, 3.63) is 28.7 Å². The van der Waals surface area contributed by atoms with Crippen LogP contribution in [0.25, 0.3) is 11.1 Å². The fourth-order valence-electron chi connectivity index (χ4n) is 3.67. The lowest BCUT2D eigenvalue weighted by atomic mass is 9.74. The van der Waals surface area contributed by atoms with Gasteiger partial charge in [0.25, 0.3) is 0 Å². The van der Waals surface area contributed by atoms with Crippen molar-refractivity contribution in [1.29, 1.82) is 0 Å². The van der Waals surface area contributed by atoms with Gasteiger partial charge in [0, 0.05) is 24.3 Å². The Labute approximate surface area is 177 Å². The van der Waals surface area contributed by atoms with Gasteiger partial charge in [0.2, 0.25) is 5.91 Å². The second-order valence-electron chi connectivity index (χ2n) is 7.80. The number of aromatic nitrogens is 1. The van der Waals surface area contributed by atoms with Gasteiger partial charge in [0.05, 0.1) is 11.4 Å². The molecule has 158 valence electrons. The van der Waals surface area contributed by atoms with E-state index in [9.17, 15) is 9.59 Å². The highest BCUT2D eigenvalue weighted by Crippen LogP contribution is 2.32. The van der Waals surface area contributed by atoms with E-state index >= 15 is 0 Å². The molecule has 1 aromatic carbocycles. The summed E-state index contributed by atoms with van der Waals surface area (Å²) >= 11 is 0. The fraction of sp³-hybridized carbons (Fsp3) is 0.579. The zero-order valence-electron chi connectivity index (χ0n) is 16.6. The van der Waals surface area contributed by atoms with E-state index in [1.807, 2.05) is 25.9 Å². The number of hydrogen-bond acceptors (Lipinski definition) is 5. The molecule has 1 aromatic heterocycles. The summed E-state index contributed by atoms with van der Waals surface area (Å²) in [4.78, 5) is 26.8. The first-order chi connectivity index (χ1) is 12.3. The van der Waals surface area contributed by atoms with E-state index in [1.54, 1.807) is 22.8 Å². The standard InChI is InChI=1S/C19H28N4O3.2ClH/c1-19(20)9-5-4-6-14(19)17(24)21-13-7-8-16-15(12-13)23(18(25)26-16)11-10-22(2)3;;/h7-8,12,14H,4-6,9-11,20H2,1-3H3,(H,21,24);2*1H. The Morgan fingerprint density at radius 3 is 2.71 bits per heavy atom. The Morgan fingerprint density at radius 1 is 1.36 bits per heavy atom. The summed E-state index contributed by atoms with van der Waals surface area (Å²) in [6.07, 6.45) is 3.75. The number of likely N-dealkylation sites (N-methyl/N-ethyl adjacent to an activating group) is 1. The Kier molecular flexibility index (Phi) is 8.56. The summed E-state index contributed by atoms with van der Waals surface area (Å²) in [6.45, 7) is 3.20. The molecule has 0 bridgehead atoms. The number of nitrogens with zero attached hydrogens (tertiary/aromatic N) is 2. The number of hydrogen-bond donors (Lipinski definition) is 2. The number of nitrogens with one attached hydrogen (secondary N) is 1. The maximum atomic E-state index is 12.7. The van der Waals surface area contributed by atoms with Crippen LogP contribution in [0.1, 0.15) is 32.6 Å². The smallest absolute Gasteiger partial charge is 0.408 e. The number of carbonyl (C=O) groups is 1. The molecule has 0 radical (unpaired) electrons. The molecule has 1 heterocycles. The quantitative estimate of drug-likeness (QED) is 0.757. The van der Waals surface area contributed by atoms with E-state index in [2.05, 4.69) is 5.32 Å². The van der Waals surface area contributed by atoms with Crippen molar-refractivity contribution in [2.45, 2.75) is 44.7 Å². The van der Waals surface area contributed by atoms with Crippen molar-refractivity contribution in [2.24, 2.45) is 11.7 Å². The predicted octanol–water partition coefficient (Wildman–Crippen LogP) is 2.85. The average Bonchev–Trinajstić information content (AvgIpc) is 2.87. The van der Waals surface area contributed by atoms with Gasteiger partial charge in [-0.05, 0) is 52.1 Å². The lowest BCUT2D eigenvalue weighted by molar-refractivity contribution is -0.122. The van der Waals surface area contributed by atoms with Crippen molar-refractivity contribution >= 4 is 47.5 Å². The molecular weight excluding hydrogens is 403 g/mol. The molecule has 1 fully saturated rings. The molecule has 3 N–H and O–H groups in total. The summed E-state index contributed by atoms with van der Waals surface area (Å²) in [6, 6.07) is 5.28. The minimum Gasteiger partial charge on any atom is -0.408 e. The van der Waals surface area contributed by atoms with Crippen molar-refractivity contribution in [2.75, 3.05) is 26.0 Å². The number of rotatable bonds is 5. The molecule has 0 saturated heterocycles. The summed E-state index contributed by atoms with van der Waals surface area (Å²) in [5.41, 5.74) is 7.73. The monoisotopic (exact) mass is 432 g/mol. The molecule has 2 atom stereocenters. The zero-order valence-corrected chi connectivity index (χ0v) is 18.2. The van der Waals surface area contributed by atoms with Gasteiger partial charge in [-0.25, -0.2) is 4.79 Å². The van der Waals surface area contributed by atoms with E-state index in [4.69, 9.17) is 10.2 Å². The lowest BCUT2D eigenvalue weighted by Crippen LogP contribution is -2.51. The first-order valence-corrected chi connectivity index (χ1v) is 9.16. The molecule has 9 heteroatoms. The molecule has 0 aliphatic heterocycles. The van der Waals surface area contributed by atoms with Gasteiger partial charge in [0.1, 0.15) is 0 Å². The van der Waals surface area contributed by atoms with Crippen molar-refractivity contribution in [1.82, 2.24) is 9.47 Å². The highest BCUT2D eigenvalue weighted by molar-refractivity contribution is 5.95. The van der Waals surface area contributed by atoms with Gasteiger partial charge in [0.15, 0.2) is 5.58 Å². The van der Waals surface area contributed by atoms with Gasteiger partial charge < -0.3 is 20.4 Å². The van der Waals surface area contributed by atoms with E-state index < -0.39 is 5.54 Å². The number of halogens is 2. The minimum absolute atomic E-state index is 0. The lowest BCUT2D eigenvalue weighted by Gasteiger charge is -2.37. The van der Waals surface area contributed by atoms with Crippen LogP contribution in [0.5, 0.6) is 0 Å². The fourth-order valence-corrected chi connectivity index (χ4v) is 3.67. The zero-order chi connectivity index (χ0) is 18.9. The highest BCUT2D eigenvalue weighted by atomic mass is 35.5. The third-order valence-electron chi connectivity index (χ3n) is 5.28. The van der Waals surface area contributed by atoms with Crippen LogP contribution < -0.4 is 16.8 Å². The normalized spacial score (nSPS) is 21.8. The van der Waals surface area contributed by atoms with Gasteiger partial charge in [-0.2, -0.15) is 0 Å². The van der Waals surface area contributed by atoms with Crippen LogP contribution in [0.2, 0.25) is 0 Å². The number of carbonyl (C=O) groups excluding carboxylic acids is 1. The van der Waals surface area contributed by atoms with Crippen molar-refractivity contribution < 1.29 is 9.21 Å². The van der Waals surface area contributed by atoms with E-state index in [1.165, 1.54) is 0 Å². The third-order valence-corrected chi connectivity index (χ3v) is 5.28. The SMILES string of the molecule is CN(C)CCn1c(=O)oc2ccc(NC(=O)C3CCCCC3(C)N)cc21.Cl.Cl. The second kappa shape index (κ2) is 9.78. The molecule has 3 rings (SSSR count). The summed E-state index contributed by atoms with van der Waals surface area (Å²) in [5.74, 6) is -0.640. The molecule has 28 heavy (non-hydrogen) atoms. The van der Waals surface area contributed by atoms with Gasteiger partial charge in [-0.3, -0.25) is 9.36 Å². The number of anilines is 1. The van der Waals surface area contributed by atoms with E-state index in [0.29, 0.717) is 23.3 Å². The predicted molar refractivity (Wildman–Crippen MR) is 117 cm³/mol. The van der Waals surface area contributed by atoms with Gasteiger partial charge in [-0.1, -0.05) is 12.8 Å². The molecule has 7 nitrogen and oxygen atoms in total. The summed E-state index contributed by atoms with van der Waals surface area (Å²) < 4.78 is 6.89. The maximum Gasteiger partial charge on any atom is 0.419 e. The Balaban J connectivity index is 0.00000196. The largest absolute Gasteiger partial charge is 0.419 e. The van der Waals surface area contributed by atoms with Gasteiger partial charge >= 0.3 is 5.76 Å². The van der Waals surface area contributed by atoms with Crippen molar-refractivity contribution in [3.8, 4) is 0 Å². The Hall–Kier alpha value is -1.54. The van der Waals surface area contributed by atoms with Crippen LogP contribution in [0.15, 0.2) is 27.4 Å². The van der Waals surface area contributed by atoms with Crippen LogP contribution >= 0.6 is 24.8 Å².